The van der Waals surface area contributed by atoms with Crippen LogP contribution in [-0.2, 0) is 11.2 Å². The lowest BCUT2D eigenvalue weighted by Crippen LogP contribution is -2.19. The summed E-state index contributed by atoms with van der Waals surface area (Å²) in [5, 5.41) is 16.3. The fourth-order valence-electron chi connectivity index (χ4n) is 1.64. The normalized spacial score (nSPS) is 10.8. The Bertz CT molecular complexity index is 667. The number of hydrogen-bond donors (Lipinski definition) is 2. The Morgan fingerprint density at radius 1 is 1.57 bits per heavy atom. The molecule has 6 nitrogen and oxygen atoms in total. The summed E-state index contributed by atoms with van der Waals surface area (Å²) in [6.45, 7) is 1.88. The van der Waals surface area contributed by atoms with Gasteiger partial charge < -0.3 is 9.84 Å². The van der Waals surface area contributed by atoms with Crippen LogP contribution in [0.5, 0.6) is 11.5 Å². The first kappa shape index (κ1) is 15.0. The molecule has 0 fully saturated rings. The molecule has 0 aliphatic carbocycles. The van der Waals surface area contributed by atoms with Gasteiger partial charge in [-0.2, -0.15) is 5.10 Å². The number of methoxy groups -OCH3 is 1. The van der Waals surface area contributed by atoms with Crippen LogP contribution in [-0.4, -0.2) is 29.3 Å². The van der Waals surface area contributed by atoms with Gasteiger partial charge in [-0.1, -0.05) is 6.07 Å². The van der Waals surface area contributed by atoms with E-state index in [4.69, 9.17) is 4.74 Å². The number of carbonyl (C=O) groups is 1. The molecule has 1 aromatic carbocycles. The Kier molecular flexibility index (Phi) is 4.89. The van der Waals surface area contributed by atoms with Crippen molar-refractivity contribution in [3.63, 3.8) is 0 Å². The molecule has 0 saturated heterocycles. The summed E-state index contributed by atoms with van der Waals surface area (Å²) in [4.78, 5) is 15.9. The zero-order valence-corrected chi connectivity index (χ0v) is 12.5. The van der Waals surface area contributed by atoms with E-state index in [2.05, 4.69) is 15.5 Å². The van der Waals surface area contributed by atoms with Gasteiger partial charge in [0.2, 0.25) is 5.91 Å². The Morgan fingerprint density at radius 2 is 2.38 bits per heavy atom. The summed E-state index contributed by atoms with van der Waals surface area (Å²) in [5.41, 5.74) is 3.75. The molecule has 1 heterocycles. The summed E-state index contributed by atoms with van der Waals surface area (Å²) in [5.74, 6) is 0.0695. The van der Waals surface area contributed by atoms with E-state index >= 15 is 0 Å². The van der Waals surface area contributed by atoms with Gasteiger partial charge in [-0.3, -0.25) is 4.79 Å². The second-order valence-electron chi connectivity index (χ2n) is 4.25. The van der Waals surface area contributed by atoms with Gasteiger partial charge in [-0.05, 0) is 19.1 Å². The maximum Gasteiger partial charge on any atom is 0.246 e. The SMILES string of the molecule is COc1cccc(/C=N/NC(=O)Cc2nc(C)cs2)c1O. The summed E-state index contributed by atoms with van der Waals surface area (Å²) in [7, 11) is 1.47. The number of nitrogens with zero attached hydrogens (tertiary/aromatic N) is 2. The van der Waals surface area contributed by atoms with Crippen molar-refractivity contribution in [2.45, 2.75) is 13.3 Å². The molecule has 0 atom stereocenters. The highest BCUT2D eigenvalue weighted by Crippen LogP contribution is 2.27. The number of aryl methyl sites for hydroxylation is 1. The van der Waals surface area contributed by atoms with E-state index in [9.17, 15) is 9.90 Å². The van der Waals surface area contributed by atoms with Crippen molar-refractivity contribution >= 4 is 23.5 Å². The smallest absolute Gasteiger partial charge is 0.246 e. The van der Waals surface area contributed by atoms with Gasteiger partial charge in [-0.25, -0.2) is 10.4 Å². The minimum Gasteiger partial charge on any atom is -0.504 e. The third-order valence-electron chi connectivity index (χ3n) is 2.62. The quantitative estimate of drug-likeness (QED) is 0.652. The number of phenols is 1. The van der Waals surface area contributed by atoms with Crippen LogP contribution in [0.2, 0.25) is 0 Å². The molecular formula is C14H15N3O3S. The molecule has 2 rings (SSSR count). The van der Waals surface area contributed by atoms with Crippen LogP contribution in [0.15, 0.2) is 28.7 Å². The average Bonchev–Trinajstić information content (AvgIpc) is 2.86. The predicted molar refractivity (Wildman–Crippen MR) is 81.0 cm³/mol. The highest BCUT2D eigenvalue weighted by atomic mass is 32.1. The van der Waals surface area contributed by atoms with Crippen LogP contribution in [0.3, 0.4) is 0 Å². The number of ether oxygens (including phenoxy) is 1. The molecule has 21 heavy (non-hydrogen) atoms. The summed E-state index contributed by atoms with van der Waals surface area (Å²) in [6, 6.07) is 5.02. The van der Waals surface area contributed by atoms with Gasteiger partial charge in [0.25, 0.3) is 0 Å². The van der Waals surface area contributed by atoms with Gasteiger partial charge in [0.15, 0.2) is 11.5 Å². The zero-order chi connectivity index (χ0) is 15.2. The monoisotopic (exact) mass is 305 g/mol. The standard InChI is InChI=1S/C14H15N3O3S/c1-9-8-21-13(16-9)6-12(18)17-15-7-10-4-3-5-11(20-2)14(10)19/h3-5,7-8,19H,6H2,1-2H3,(H,17,18)/b15-7+. The highest BCUT2D eigenvalue weighted by Gasteiger charge is 2.07. The summed E-state index contributed by atoms with van der Waals surface area (Å²) >= 11 is 1.43. The summed E-state index contributed by atoms with van der Waals surface area (Å²) < 4.78 is 4.99. The Hall–Kier alpha value is -2.41. The van der Waals surface area contributed by atoms with Gasteiger partial charge in [0, 0.05) is 16.6 Å². The van der Waals surface area contributed by atoms with E-state index in [-0.39, 0.29) is 18.1 Å². The van der Waals surface area contributed by atoms with Gasteiger partial charge >= 0.3 is 0 Å². The van der Waals surface area contributed by atoms with Gasteiger partial charge in [0.1, 0.15) is 5.01 Å². The average molecular weight is 305 g/mol. The molecule has 0 bridgehead atoms. The van der Waals surface area contributed by atoms with E-state index in [1.54, 1.807) is 18.2 Å². The fourth-order valence-corrected chi connectivity index (χ4v) is 2.41. The molecule has 1 amide bonds. The van der Waals surface area contributed by atoms with E-state index in [1.807, 2.05) is 12.3 Å². The molecular weight excluding hydrogens is 290 g/mol. The lowest BCUT2D eigenvalue weighted by atomic mass is 10.2. The van der Waals surface area contributed by atoms with Crippen molar-refractivity contribution in [1.29, 1.82) is 0 Å². The Labute approximate surface area is 126 Å². The first-order valence-electron chi connectivity index (χ1n) is 6.19. The third kappa shape index (κ3) is 4.03. The van der Waals surface area contributed by atoms with Gasteiger partial charge in [0.05, 0.1) is 19.7 Å². The molecule has 2 aromatic rings. The molecule has 0 saturated carbocycles. The number of amides is 1. The molecule has 110 valence electrons. The van der Waals surface area contributed by atoms with Gasteiger partial charge in [-0.15, -0.1) is 11.3 Å². The Balaban J connectivity index is 1.94. The number of hydrazone groups is 1. The molecule has 2 N–H and O–H groups in total. The van der Waals surface area contributed by atoms with Crippen LogP contribution >= 0.6 is 11.3 Å². The maximum atomic E-state index is 11.7. The topological polar surface area (TPSA) is 83.8 Å². The minimum atomic E-state index is -0.261. The number of carbonyl (C=O) groups excluding carboxylic acids is 1. The second-order valence-corrected chi connectivity index (χ2v) is 5.19. The number of nitrogens with one attached hydrogen (secondary N) is 1. The van der Waals surface area contributed by atoms with Crippen molar-refractivity contribution in [2.24, 2.45) is 5.10 Å². The number of aromatic hydroxyl groups is 1. The Morgan fingerprint density at radius 3 is 3.05 bits per heavy atom. The number of hydrogen-bond acceptors (Lipinski definition) is 6. The zero-order valence-electron chi connectivity index (χ0n) is 11.7. The number of phenolic OH excluding ortho intramolecular Hbond substituents is 1. The third-order valence-corrected chi connectivity index (χ3v) is 3.59. The van der Waals surface area contributed by atoms with Crippen molar-refractivity contribution in [2.75, 3.05) is 7.11 Å². The van der Waals surface area contributed by atoms with Crippen LogP contribution in [0.4, 0.5) is 0 Å². The maximum absolute atomic E-state index is 11.7. The predicted octanol–water partition coefficient (Wildman–Crippen LogP) is 1.86. The van der Waals surface area contributed by atoms with E-state index in [0.717, 1.165) is 10.7 Å². The van der Waals surface area contributed by atoms with Crippen molar-refractivity contribution in [1.82, 2.24) is 10.4 Å². The number of para-hydroxylation sites is 1. The van der Waals surface area contributed by atoms with Crippen LogP contribution in [0, 0.1) is 6.92 Å². The molecule has 0 radical (unpaired) electrons. The minimum absolute atomic E-state index is 0.0199. The highest BCUT2D eigenvalue weighted by molar-refractivity contribution is 7.09. The lowest BCUT2D eigenvalue weighted by molar-refractivity contribution is -0.120. The molecule has 7 heteroatoms. The van der Waals surface area contributed by atoms with E-state index < -0.39 is 0 Å². The first-order valence-corrected chi connectivity index (χ1v) is 7.07. The lowest BCUT2D eigenvalue weighted by Gasteiger charge is -2.04. The van der Waals surface area contributed by atoms with Crippen molar-refractivity contribution in [3.8, 4) is 11.5 Å². The number of rotatable bonds is 5. The van der Waals surface area contributed by atoms with Crippen LogP contribution < -0.4 is 10.2 Å². The van der Waals surface area contributed by atoms with Crippen molar-refractivity contribution in [3.05, 3.63) is 39.8 Å². The van der Waals surface area contributed by atoms with Crippen LogP contribution in [0.1, 0.15) is 16.3 Å². The first-order chi connectivity index (χ1) is 10.1. The molecule has 0 spiro atoms. The van der Waals surface area contributed by atoms with Crippen molar-refractivity contribution < 1.29 is 14.6 Å². The molecule has 0 unspecified atom stereocenters. The summed E-state index contributed by atoms with van der Waals surface area (Å²) in [6.07, 6.45) is 1.54. The van der Waals surface area contributed by atoms with E-state index in [0.29, 0.717) is 11.3 Å². The number of aromatic nitrogens is 1. The largest absolute Gasteiger partial charge is 0.504 e. The van der Waals surface area contributed by atoms with Crippen LogP contribution in [0.25, 0.3) is 0 Å². The molecule has 0 aliphatic rings. The second kappa shape index (κ2) is 6.85. The van der Waals surface area contributed by atoms with E-state index in [1.165, 1.54) is 24.7 Å². The number of thiazole rings is 1. The fraction of sp³-hybridized carbons (Fsp3) is 0.214. The molecule has 1 aromatic heterocycles. The number of benzene rings is 1. The molecule has 0 aliphatic heterocycles.